The van der Waals surface area contributed by atoms with Gasteiger partial charge >= 0.3 is 0 Å². The van der Waals surface area contributed by atoms with Gasteiger partial charge in [0.05, 0.1) is 0 Å². The van der Waals surface area contributed by atoms with Crippen LogP contribution in [0.5, 0.6) is 0 Å². The van der Waals surface area contributed by atoms with Gasteiger partial charge in [0, 0.05) is 23.3 Å². The minimum Gasteiger partial charge on any atom is -0.282 e. The zero-order valence-corrected chi connectivity index (χ0v) is 12.9. The van der Waals surface area contributed by atoms with Crippen molar-refractivity contribution in [2.75, 3.05) is 0 Å². The van der Waals surface area contributed by atoms with Crippen LogP contribution in [0.3, 0.4) is 0 Å². The summed E-state index contributed by atoms with van der Waals surface area (Å²) in [6, 6.07) is 8.78. The zero-order valence-electron chi connectivity index (χ0n) is 12.1. The van der Waals surface area contributed by atoms with Crippen LogP contribution in [-0.4, -0.2) is 29.4 Å². The quantitative estimate of drug-likeness (QED) is 0.563. The summed E-state index contributed by atoms with van der Waals surface area (Å²) in [4.78, 5) is 17.0. The third-order valence-electron chi connectivity index (χ3n) is 3.57. The van der Waals surface area contributed by atoms with Crippen molar-refractivity contribution < 1.29 is 0 Å². The number of hydrogen-bond acceptors (Lipinski definition) is 5. The van der Waals surface area contributed by atoms with Gasteiger partial charge in [0.2, 0.25) is 0 Å². The molecule has 0 aliphatic rings. The van der Waals surface area contributed by atoms with Gasteiger partial charge in [-0.1, -0.05) is 18.5 Å². The van der Waals surface area contributed by atoms with Crippen molar-refractivity contribution in [1.82, 2.24) is 29.4 Å². The first-order chi connectivity index (χ1) is 11.2. The molecule has 8 heteroatoms. The Morgan fingerprint density at radius 2 is 1.91 bits per heavy atom. The Labute approximate surface area is 135 Å². The molecule has 1 aromatic carbocycles. The highest BCUT2D eigenvalue weighted by Crippen LogP contribution is 2.14. The number of nitrogens with zero attached hydrogens (tertiary/aromatic N) is 6. The van der Waals surface area contributed by atoms with E-state index in [2.05, 4.69) is 20.3 Å². The normalized spacial score (nSPS) is 11.4. The van der Waals surface area contributed by atoms with Gasteiger partial charge in [0.25, 0.3) is 11.3 Å². The summed E-state index contributed by atoms with van der Waals surface area (Å²) < 4.78 is 3.05. The minimum absolute atomic E-state index is 0.238. The summed E-state index contributed by atoms with van der Waals surface area (Å²) in [5.74, 6) is 1.05. The molecular formula is C15H11ClN6O. The van der Waals surface area contributed by atoms with E-state index in [0.29, 0.717) is 34.2 Å². The minimum atomic E-state index is -0.271. The zero-order chi connectivity index (χ0) is 16.0. The molecule has 3 aromatic heterocycles. The number of halogens is 1. The molecule has 0 spiro atoms. The van der Waals surface area contributed by atoms with E-state index in [1.807, 2.05) is 6.92 Å². The summed E-state index contributed by atoms with van der Waals surface area (Å²) in [7, 11) is 0. The molecular weight excluding hydrogens is 316 g/mol. The lowest BCUT2D eigenvalue weighted by Gasteiger charge is -2.07. The highest BCUT2D eigenvalue weighted by Gasteiger charge is 2.12. The van der Waals surface area contributed by atoms with E-state index < -0.39 is 0 Å². The van der Waals surface area contributed by atoms with Crippen molar-refractivity contribution in [2.24, 2.45) is 0 Å². The SMILES string of the molecule is CCc1nc2nnc3c(=O)n(-c4ccc(Cl)cc4)ccc3n2n1. The fraction of sp³-hybridized carbons (Fsp3) is 0.133. The Kier molecular flexibility index (Phi) is 3.09. The van der Waals surface area contributed by atoms with Gasteiger partial charge in [-0.25, -0.2) is 0 Å². The van der Waals surface area contributed by atoms with Crippen molar-refractivity contribution in [1.29, 1.82) is 0 Å². The van der Waals surface area contributed by atoms with Crippen LogP contribution in [0.2, 0.25) is 5.02 Å². The fourth-order valence-corrected chi connectivity index (χ4v) is 2.53. The van der Waals surface area contributed by atoms with Crippen molar-refractivity contribution in [3.8, 4) is 5.69 Å². The molecule has 0 saturated carbocycles. The first kappa shape index (κ1) is 13.8. The van der Waals surface area contributed by atoms with E-state index in [9.17, 15) is 4.79 Å². The lowest BCUT2D eigenvalue weighted by atomic mass is 10.3. The molecule has 3 heterocycles. The molecule has 0 unspecified atom stereocenters. The smallest absolute Gasteiger partial charge is 0.282 e. The molecule has 4 aromatic rings. The van der Waals surface area contributed by atoms with Crippen molar-refractivity contribution >= 4 is 28.4 Å². The molecule has 0 N–H and O–H groups in total. The van der Waals surface area contributed by atoms with Crippen LogP contribution in [-0.2, 0) is 6.42 Å². The van der Waals surface area contributed by atoms with E-state index in [4.69, 9.17) is 11.6 Å². The van der Waals surface area contributed by atoms with Gasteiger partial charge < -0.3 is 0 Å². The second kappa shape index (κ2) is 5.13. The molecule has 0 bridgehead atoms. The second-order valence-corrected chi connectivity index (χ2v) is 5.43. The Hall–Kier alpha value is -2.80. The Bertz CT molecular complexity index is 1080. The predicted octanol–water partition coefficient (Wildman–Crippen LogP) is 2.04. The van der Waals surface area contributed by atoms with Crippen LogP contribution in [0.1, 0.15) is 12.7 Å². The van der Waals surface area contributed by atoms with E-state index in [0.717, 1.165) is 0 Å². The van der Waals surface area contributed by atoms with Gasteiger partial charge in [-0.3, -0.25) is 9.36 Å². The first-order valence-electron chi connectivity index (χ1n) is 7.07. The third kappa shape index (κ3) is 2.17. The molecule has 0 atom stereocenters. The summed E-state index contributed by atoms with van der Waals surface area (Å²) in [5.41, 5.74) is 1.25. The number of rotatable bonds is 2. The highest BCUT2D eigenvalue weighted by atomic mass is 35.5. The first-order valence-corrected chi connectivity index (χ1v) is 7.45. The number of benzene rings is 1. The monoisotopic (exact) mass is 326 g/mol. The van der Waals surface area contributed by atoms with Crippen LogP contribution < -0.4 is 5.56 Å². The molecule has 0 aliphatic heterocycles. The van der Waals surface area contributed by atoms with Crippen molar-refractivity contribution in [3.05, 3.63) is 57.7 Å². The van der Waals surface area contributed by atoms with Crippen LogP contribution >= 0.6 is 11.6 Å². The van der Waals surface area contributed by atoms with Crippen LogP contribution in [0.15, 0.2) is 41.3 Å². The maximum Gasteiger partial charge on any atom is 0.285 e. The topological polar surface area (TPSA) is 78.0 Å². The van der Waals surface area contributed by atoms with E-state index in [1.54, 1.807) is 41.0 Å². The van der Waals surface area contributed by atoms with Crippen molar-refractivity contribution in [3.63, 3.8) is 0 Å². The summed E-state index contributed by atoms with van der Waals surface area (Å²) in [6.45, 7) is 1.96. The standard InChI is InChI=1S/C15H11ClN6O/c1-2-12-17-15-19-18-13-11(22(15)20-12)7-8-21(14(13)23)10-5-3-9(16)4-6-10/h3-8H,2H2,1H3. The number of aryl methyl sites for hydroxylation is 1. The Morgan fingerprint density at radius 1 is 1.13 bits per heavy atom. The Morgan fingerprint density at radius 3 is 2.65 bits per heavy atom. The largest absolute Gasteiger partial charge is 0.285 e. The van der Waals surface area contributed by atoms with E-state index in [1.165, 1.54) is 4.57 Å². The molecule has 7 nitrogen and oxygen atoms in total. The molecule has 0 aliphatic carbocycles. The van der Waals surface area contributed by atoms with Crippen LogP contribution in [0.4, 0.5) is 0 Å². The van der Waals surface area contributed by atoms with E-state index >= 15 is 0 Å². The van der Waals surface area contributed by atoms with E-state index in [-0.39, 0.29) is 11.1 Å². The number of hydrogen-bond donors (Lipinski definition) is 0. The summed E-state index contributed by atoms with van der Waals surface area (Å²) in [6.07, 6.45) is 2.37. The number of pyridine rings is 1. The summed E-state index contributed by atoms with van der Waals surface area (Å²) in [5, 5.41) is 13.0. The molecule has 23 heavy (non-hydrogen) atoms. The molecule has 0 radical (unpaired) electrons. The van der Waals surface area contributed by atoms with Crippen LogP contribution in [0, 0.1) is 0 Å². The number of fused-ring (bicyclic) bond motifs is 3. The average Bonchev–Trinajstić information content (AvgIpc) is 3.00. The van der Waals surface area contributed by atoms with Crippen molar-refractivity contribution in [2.45, 2.75) is 13.3 Å². The molecule has 4 rings (SSSR count). The maximum absolute atomic E-state index is 12.7. The third-order valence-corrected chi connectivity index (χ3v) is 3.82. The van der Waals surface area contributed by atoms with Gasteiger partial charge in [0.15, 0.2) is 11.3 Å². The van der Waals surface area contributed by atoms with Gasteiger partial charge in [0.1, 0.15) is 5.52 Å². The molecule has 0 saturated heterocycles. The van der Waals surface area contributed by atoms with Gasteiger partial charge in [-0.15, -0.1) is 15.3 Å². The lowest BCUT2D eigenvalue weighted by molar-refractivity contribution is 0.883. The lowest BCUT2D eigenvalue weighted by Crippen LogP contribution is -2.20. The second-order valence-electron chi connectivity index (χ2n) is 4.99. The molecule has 0 fully saturated rings. The van der Waals surface area contributed by atoms with Gasteiger partial charge in [-0.2, -0.15) is 9.50 Å². The van der Waals surface area contributed by atoms with Gasteiger partial charge in [-0.05, 0) is 30.3 Å². The Balaban J connectivity index is 2.00. The highest BCUT2D eigenvalue weighted by molar-refractivity contribution is 6.30. The summed E-state index contributed by atoms with van der Waals surface area (Å²) >= 11 is 5.89. The maximum atomic E-state index is 12.7. The predicted molar refractivity (Wildman–Crippen MR) is 86.1 cm³/mol. The fourth-order valence-electron chi connectivity index (χ4n) is 2.40. The number of aromatic nitrogens is 6. The molecule has 0 amide bonds. The molecule has 114 valence electrons. The average molecular weight is 327 g/mol. The van der Waals surface area contributed by atoms with Crippen LogP contribution in [0.25, 0.3) is 22.5 Å².